The Bertz CT molecular complexity index is 1740. The Labute approximate surface area is 228 Å². The molecule has 202 valence electrons. The minimum Gasteiger partial charge on any atom is -0.383 e. The number of piperidine rings is 1. The van der Waals surface area contributed by atoms with Gasteiger partial charge < -0.3 is 20.2 Å². The molecule has 0 radical (unpaired) electrons. The Morgan fingerprint density at radius 1 is 1.07 bits per heavy atom. The number of pyridine rings is 1. The largest absolute Gasteiger partial charge is 0.383 e. The number of hydrogen-bond donors (Lipinski definition) is 2. The number of anilines is 1. The summed E-state index contributed by atoms with van der Waals surface area (Å²) in [4.78, 5) is 44.8. The van der Waals surface area contributed by atoms with Gasteiger partial charge in [-0.1, -0.05) is 6.07 Å². The molecule has 2 fully saturated rings. The van der Waals surface area contributed by atoms with Gasteiger partial charge in [-0.3, -0.25) is 14.6 Å². The zero-order valence-corrected chi connectivity index (χ0v) is 22.0. The number of H-pyrrole nitrogens is 1. The molecule has 0 spiro atoms. The normalized spacial score (nSPS) is 20.4. The third-order valence-corrected chi connectivity index (χ3v) is 8.08. The van der Waals surface area contributed by atoms with Crippen molar-refractivity contribution in [2.75, 3.05) is 5.73 Å². The lowest BCUT2D eigenvalue weighted by atomic mass is 9.85. The molecule has 0 aromatic carbocycles. The van der Waals surface area contributed by atoms with Gasteiger partial charge in [0, 0.05) is 48.6 Å². The van der Waals surface area contributed by atoms with Crippen molar-refractivity contribution >= 4 is 23.2 Å². The number of nitrogens with zero attached hydrogens (tertiary/aromatic N) is 9. The maximum Gasteiger partial charge on any atom is 0.292 e. The molecule has 40 heavy (non-hydrogen) atoms. The molecule has 7 heterocycles. The molecule has 3 N–H and O–H groups in total. The Morgan fingerprint density at radius 2 is 1.88 bits per heavy atom. The van der Waals surface area contributed by atoms with Crippen molar-refractivity contribution in [3.63, 3.8) is 0 Å². The molecule has 5 aromatic rings. The Morgan fingerprint density at radius 3 is 2.50 bits per heavy atom. The quantitative estimate of drug-likeness (QED) is 0.320. The second kappa shape index (κ2) is 9.07. The van der Waals surface area contributed by atoms with Gasteiger partial charge in [-0.2, -0.15) is 9.61 Å². The second-order valence-electron chi connectivity index (χ2n) is 10.6. The van der Waals surface area contributed by atoms with Crippen molar-refractivity contribution in [3.8, 4) is 22.5 Å². The Kier molecular flexibility index (Phi) is 5.47. The SMILES string of the molecule is CC(=O)c1c(C2C[C@H]3CC[C@@H](C2)N3C(=O)c2nnc[nH]2)nc2c(-c3ccc(-c4cn(C)cn4)nc3)cnn2c1N. The highest BCUT2D eigenvalue weighted by molar-refractivity contribution is 6.00. The highest BCUT2D eigenvalue weighted by Crippen LogP contribution is 2.45. The second-order valence-corrected chi connectivity index (χ2v) is 10.6. The number of aromatic amines is 1. The van der Waals surface area contributed by atoms with E-state index in [4.69, 9.17) is 10.7 Å². The fourth-order valence-electron chi connectivity index (χ4n) is 6.31. The van der Waals surface area contributed by atoms with Gasteiger partial charge in [-0.15, -0.1) is 10.2 Å². The van der Waals surface area contributed by atoms with Gasteiger partial charge in [0.15, 0.2) is 11.4 Å². The number of Topliss-reactive ketones (excluding diaryl/α,β-unsaturated/α-hetero) is 1. The molecule has 2 aliphatic heterocycles. The van der Waals surface area contributed by atoms with Crippen LogP contribution >= 0.6 is 0 Å². The number of rotatable bonds is 5. The highest BCUT2D eigenvalue weighted by Gasteiger charge is 2.45. The van der Waals surface area contributed by atoms with Crippen LogP contribution in [0.4, 0.5) is 5.82 Å². The molecule has 2 bridgehead atoms. The number of imidazole rings is 1. The van der Waals surface area contributed by atoms with Gasteiger partial charge in [0.25, 0.3) is 5.91 Å². The summed E-state index contributed by atoms with van der Waals surface area (Å²) in [7, 11) is 1.91. The van der Waals surface area contributed by atoms with E-state index < -0.39 is 0 Å². The van der Waals surface area contributed by atoms with E-state index in [1.54, 1.807) is 18.7 Å². The van der Waals surface area contributed by atoms with Crippen LogP contribution in [0.5, 0.6) is 0 Å². The first kappa shape index (κ1) is 24.1. The van der Waals surface area contributed by atoms with Crippen molar-refractivity contribution in [3.05, 3.63) is 60.5 Å². The van der Waals surface area contributed by atoms with Crippen molar-refractivity contribution in [1.29, 1.82) is 0 Å². The molecule has 2 saturated heterocycles. The van der Waals surface area contributed by atoms with Crippen LogP contribution in [0.15, 0.2) is 43.4 Å². The maximum atomic E-state index is 13.1. The van der Waals surface area contributed by atoms with E-state index in [9.17, 15) is 9.59 Å². The third kappa shape index (κ3) is 3.76. The van der Waals surface area contributed by atoms with Crippen molar-refractivity contribution in [2.24, 2.45) is 7.05 Å². The van der Waals surface area contributed by atoms with E-state index in [0.717, 1.165) is 35.4 Å². The van der Waals surface area contributed by atoms with E-state index >= 15 is 0 Å². The number of aromatic nitrogens is 9. The van der Waals surface area contributed by atoms with Gasteiger partial charge in [0.1, 0.15) is 17.8 Å². The van der Waals surface area contributed by atoms with Crippen LogP contribution < -0.4 is 5.73 Å². The molecule has 3 atom stereocenters. The highest BCUT2D eigenvalue weighted by atomic mass is 16.2. The van der Waals surface area contributed by atoms with Crippen LogP contribution in [-0.2, 0) is 7.05 Å². The lowest BCUT2D eigenvalue weighted by molar-refractivity contribution is 0.0556. The zero-order chi connectivity index (χ0) is 27.5. The molecular formula is C27H27N11O2. The molecule has 0 saturated carbocycles. The summed E-state index contributed by atoms with van der Waals surface area (Å²) in [5.41, 5.74) is 11.3. The first-order valence-electron chi connectivity index (χ1n) is 13.2. The molecule has 0 aliphatic carbocycles. The predicted octanol–water partition coefficient (Wildman–Crippen LogP) is 2.65. The monoisotopic (exact) mass is 537 g/mol. The van der Waals surface area contributed by atoms with Crippen LogP contribution in [0.25, 0.3) is 28.2 Å². The summed E-state index contributed by atoms with van der Waals surface area (Å²) in [6.45, 7) is 1.50. The molecule has 5 aromatic heterocycles. The number of nitrogen functional groups attached to an aromatic ring is 1. The van der Waals surface area contributed by atoms with E-state index in [-0.39, 0.29) is 41.3 Å². The van der Waals surface area contributed by atoms with E-state index in [0.29, 0.717) is 29.7 Å². The van der Waals surface area contributed by atoms with Gasteiger partial charge in [-0.05, 0) is 38.7 Å². The summed E-state index contributed by atoms with van der Waals surface area (Å²) in [5, 5.41) is 12.2. The summed E-state index contributed by atoms with van der Waals surface area (Å²) in [6.07, 6.45) is 11.7. The van der Waals surface area contributed by atoms with Crippen LogP contribution in [-0.4, -0.2) is 73.0 Å². The fourth-order valence-corrected chi connectivity index (χ4v) is 6.31. The molecule has 7 rings (SSSR count). The lowest BCUT2D eigenvalue weighted by Gasteiger charge is -2.38. The van der Waals surface area contributed by atoms with E-state index in [2.05, 4.69) is 30.2 Å². The lowest BCUT2D eigenvalue weighted by Crippen LogP contribution is -2.46. The molecule has 13 heteroatoms. The van der Waals surface area contributed by atoms with Crippen molar-refractivity contribution in [1.82, 2.24) is 49.2 Å². The molecule has 2 aliphatic rings. The number of fused-ring (bicyclic) bond motifs is 3. The standard InChI is InChI=1S/C27H27N11O2/c1-14(39)22-23(16-7-17-4-5-18(8-16)37(17)27(40)25-30-12-32-35-25)34-26-19(10-33-38(26)24(22)28)15-3-6-20(29-9-15)21-11-36(2)13-31-21/h3,6,9-13,16-18H,4-5,7-8,28H2,1-2H3,(H,30,32,35)/t16?,17-,18+. The van der Waals surface area contributed by atoms with Crippen LogP contribution in [0, 0.1) is 0 Å². The van der Waals surface area contributed by atoms with Gasteiger partial charge in [0.2, 0.25) is 5.82 Å². The minimum atomic E-state index is -0.159. The summed E-state index contributed by atoms with van der Waals surface area (Å²) >= 11 is 0. The number of amides is 1. The van der Waals surface area contributed by atoms with Crippen LogP contribution in [0.2, 0.25) is 0 Å². The summed E-state index contributed by atoms with van der Waals surface area (Å²) in [5.74, 6) is 0.181. The molecule has 1 amide bonds. The maximum absolute atomic E-state index is 13.1. The number of carbonyl (C=O) groups excluding carboxylic acids is 2. The Balaban J connectivity index is 1.26. The number of nitrogens with two attached hydrogens (primary N) is 1. The summed E-state index contributed by atoms with van der Waals surface area (Å²) in [6, 6.07) is 3.91. The number of hydrogen-bond acceptors (Lipinski definition) is 9. The average Bonchev–Trinajstić information content (AvgIpc) is 3.75. The van der Waals surface area contributed by atoms with E-state index in [1.807, 2.05) is 34.8 Å². The average molecular weight is 538 g/mol. The molecule has 1 unspecified atom stereocenters. The topological polar surface area (TPSA) is 166 Å². The van der Waals surface area contributed by atoms with Crippen molar-refractivity contribution < 1.29 is 9.59 Å². The van der Waals surface area contributed by atoms with Crippen molar-refractivity contribution in [2.45, 2.75) is 50.6 Å². The number of ketones is 1. The third-order valence-electron chi connectivity index (χ3n) is 8.08. The Hall–Kier alpha value is -4.94. The minimum absolute atomic E-state index is 0.0214. The summed E-state index contributed by atoms with van der Waals surface area (Å²) < 4.78 is 3.40. The van der Waals surface area contributed by atoms with Gasteiger partial charge in [0.05, 0.1) is 29.5 Å². The van der Waals surface area contributed by atoms with E-state index in [1.165, 1.54) is 17.8 Å². The number of aryl methyl sites for hydroxylation is 1. The number of carbonyl (C=O) groups is 2. The van der Waals surface area contributed by atoms with Gasteiger partial charge in [-0.25, -0.2) is 9.97 Å². The number of nitrogens with one attached hydrogen (secondary N) is 1. The molecular weight excluding hydrogens is 510 g/mol. The zero-order valence-electron chi connectivity index (χ0n) is 22.0. The van der Waals surface area contributed by atoms with Gasteiger partial charge >= 0.3 is 0 Å². The smallest absolute Gasteiger partial charge is 0.292 e. The van der Waals surface area contributed by atoms with Crippen LogP contribution in [0.1, 0.15) is 65.2 Å². The first-order valence-corrected chi connectivity index (χ1v) is 13.2. The predicted molar refractivity (Wildman–Crippen MR) is 144 cm³/mol. The molecule has 13 nitrogen and oxygen atoms in total. The fraction of sp³-hybridized carbons (Fsp3) is 0.333. The first-order chi connectivity index (χ1) is 19.4. The van der Waals surface area contributed by atoms with Crippen LogP contribution in [0.3, 0.4) is 0 Å².